The van der Waals surface area contributed by atoms with Crippen molar-refractivity contribution in [3.8, 4) is 5.75 Å². The van der Waals surface area contributed by atoms with Crippen molar-refractivity contribution < 1.29 is 9.52 Å². The Hall–Kier alpha value is -1.64. The van der Waals surface area contributed by atoms with E-state index in [4.69, 9.17) is 10.2 Å². The summed E-state index contributed by atoms with van der Waals surface area (Å²) in [6.07, 6.45) is 0. The molecule has 0 saturated heterocycles. The maximum atomic E-state index is 9.38. The fraction of sp³-hybridized carbons (Fsp3) is 0.200. The van der Waals surface area contributed by atoms with E-state index in [2.05, 4.69) is 0 Å². The van der Waals surface area contributed by atoms with E-state index in [0.29, 0.717) is 5.69 Å². The number of phenols is 1. The summed E-state index contributed by atoms with van der Waals surface area (Å²) in [6, 6.07) is 3.26. The first-order valence-electron chi connectivity index (χ1n) is 4.08. The van der Waals surface area contributed by atoms with Gasteiger partial charge in [-0.15, -0.1) is 0 Å². The summed E-state index contributed by atoms with van der Waals surface area (Å²) in [7, 11) is 0. The number of benzene rings is 1. The van der Waals surface area contributed by atoms with Crippen LogP contribution in [-0.4, -0.2) is 5.11 Å². The van der Waals surface area contributed by atoms with Gasteiger partial charge in [-0.1, -0.05) is 0 Å². The van der Waals surface area contributed by atoms with Gasteiger partial charge in [0.15, 0.2) is 0 Å². The second-order valence-corrected chi connectivity index (χ2v) is 3.15. The predicted molar refractivity (Wildman–Crippen MR) is 51.8 cm³/mol. The van der Waals surface area contributed by atoms with Gasteiger partial charge in [-0.25, -0.2) is 0 Å². The molecule has 3 heteroatoms. The summed E-state index contributed by atoms with van der Waals surface area (Å²) in [5.41, 5.74) is 7.83. The maximum Gasteiger partial charge on any atom is 0.139 e. The van der Waals surface area contributed by atoms with Crippen LogP contribution < -0.4 is 5.73 Å². The van der Waals surface area contributed by atoms with Gasteiger partial charge in [-0.3, -0.25) is 0 Å². The standard InChI is InChI=1S/C10H11NO2/c1-5-6(2)13-8-4-3-7(12)10(11)9(5)8/h3-4,12H,11H2,1-2H3. The minimum atomic E-state index is 0.108. The second kappa shape index (κ2) is 2.42. The van der Waals surface area contributed by atoms with E-state index >= 15 is 0 Å². The Bertz CT molecular complexity index is 471. The summed E-state index contributed by atoms with van der Waals surface area (Å²) in [6.45, 7) is 3.81. The van der Waals surface area contributed by atoms with Crippen LogP contribution in [0.1, 0.15) is 11.3 Å². The van der Waals surface area contributed by atoms with Crippen molar-refractivity contribution in [2.24, 2.45) is 0 Å². The van der Waals surface area contributed by atoms with Crippen LogP contribution in [0.4, 0.5) is 5.69 Å². The quantitative estimate of drug-likeness (QED) is 0.479. The number of aromatic hydroxyl groups is 1. The largest absolute Gasteiger partial charge is 0.506 e. The molecular formula is C10H11NO2. The highest BCUT2D eigenvalue weighted by atomic mass is 16.3. The third-order valence-corrected chi connectivity index (χ3v) is 2.35. The predicted octanol–water partition coefficient (Wildman–Crippen LogP) is 2.34. The molecule has 0 aliphatic heterocycles. The maximum absolute atomic E-state index is 9.38. The van der Waals surface area contributed by atoms with Gasteiger partial charge < -0.3 is 15.3 Å². The fourth-order valence-corrected chi connectivity index (χ4v) is 1.48. The molecule has 3 N–H and O–H groups in total. The van der Waals surface area contributed by atoms with Crippen molar-refractivity contribution in [1.29, 1.82) is 0 Å². The van der Waals surface area contributed by atoms with Crippen molar-refractivity contribution in [3.05, 3.63) is 23.5 Å². The van der Waals surface area contributed by atoms with Gasteiger partial charge in [-0.2, -0.15) is 0 Å². The highest BCUT2D eigenvalue weighted by Crippen LogP contribution is 2.34. The number of nitrogens with two attached hydrogens (primary N) is 1. The highest BCUT2D eigenvalue weighted by molar-refractivity contribution is 5.95. The van der Waals surface area contributed by atoms with Gasteiger partial charge in [0.1, 0.15) is 17.1 Å². The zero-order valence-electron chi connectivity index (χ0n) is 7.59. The molecule has 0 aliphatic carbocycles. The third kappa shape index (κ3) is 0.967. The van der Waals surface area contributed by atoms with Gasteiger partial charge in [0.05, 0.1) is 11.1 Å². The summed E-state index contributed by atoms with van der Waals surface area (Å²) in [5, 5.41) is 10.2. The fourth-order valence-electron chi connectivity index (χ4n) is 1.48. The normalized spacial score (nSPS) is 10.9. The minimum Gasteiger partial charge on any atom is -0.506 e. The molecule has 2 aromatic rings. The van der Waals surface area contributed by atoms with Crippen molar-refractivity contribution in [1.82, 2.24) is 0 Å². The molecule has 0 aliphatic rings. The van der Waals surface area contributed by atoms with Crippen LogP contribution in [0.15, 0.2) is 16.5 Å². The molecule has 0 bridgehead atoms. The molecule has 0 saturated carbocycles. The molecule has 0 spiro atoms. The van der Waals surface area contributed by atoms with E-state index in [1.807, 2.05) is 13.8 Å². The van der Waals surface area contributed by atoms with Crippen LogP contribution in [0.25, 0.3) is 11.0 Å². The van der Waals surface area contributed by atoms with E-state index in [0.717, 1.165) is 22.3 Å². The first-order chi connectivity index (χ1) is 6.11. The van der Waals surface area contributed by atoms with E-state index in [-0.39, 0.29) is 5.75 Å². The van der Waals surface area contributed by atoms with Crippen molar-refractivity contribution >= 4 is 16.7 Å². The van der Waals surface area contributed by atoms with E-state index < -0.39 is 0 Å². The lowest BCUT2D eigenvalue weighted by atomic mass is 10.1. The lowest BCUT2D eigenvalue weighted by Crippen LogP contribution is -1.87. The smallest absolute Gasteiger partial charge is 0.139 e. The zero-order valence-corrected chi connectivity index (χ0v) is 7.59. The number of hydrogen-bond donors (Lipinski definition) is 2. The second-order valence-electron chi connectivity index (χ2n) is 3.15. The van der Waals surface area contributed by atoms with Crippen molar-refractivity contribution in [2.45, 2.75) is 13.8 Å². The number of aryl methyl sites for hydroxylation is 2. The number of phenolic OH excluding ortho intramolecular Hbond substituents is 1. The summed E-state index contributed by atoms with van der Waals surface area (Å²) >= 11 is 0. The topological polar surface area (TPSA) is 59.4 Å². The summed E-state index contributed by atoms with van der Waals surface area (Å²) in [5.74, 6) is 0.948. The molecule has 0 atom stereocenters. The molecular weight excluding hydrogens is 166 g/mol. The first-order valence-corrected chi connectivity index (χ1v) is 4.08. The number of rotatable bonds is 0. The molecule has 0 radical (unpaired) electrons. The van der Waals surface area contributed by atoms with E-state index in [9.17, 15) is 5.11 Å². The van der Waals surface area contributed by atoms with Crippen molar-refractivity contribution in [3.63, 3.8) is 0 Å². The molecule has 68 valence electrons. The van der Waals surface area contributed by atoms with E-state index in [1.54, 1.807) is 12.1 Å². The van der Waals surface area contributed by atoms with Gasteiger partial charge in [-0.05, 0) is 26.0 Å². The SMILES string of the molecule is Cc1oc2ccc(O)c(N)c2c1C. The first kappa shape index (κ1) is 7.98. The van der Waals surface area contributed by atoms with Crippen LogP contribution in [-0.2, 0) is 0 Å². The molecule has 3 nitrogen and oxygen atoms in total. The van der Waals surface area contributed by atoms with Crippen LogP contribution in [0.2, 0.25) is 0 Å². The monoisotopic (exact) mass is 177 g/mol. The highest BCUT2D eigenvalue weighted by Gasteiger charge is 2.11. The van der Waals surface area contributed by atoms with Gasteiger partial charge in [0, 0.05) is 5.56 Å². The van der Waals surface area contributed by atoms with Gasteiger partial charge >= 0.3 is 0 Å². The molecule has 1 heterocycles. The Balaban J connectivity index is 2.97. The molecule has 2 rings (SSSR count). The molecule has 0 unspecified atom stereocenters. The van der Waals surface area contributed by atoms with E-state index in [1.165, 1.54) is 0 Å². The Morgan fingerprint density at radius 2 is 2.00 bits per heavy atom. The van der Waals surface area contributed by atoms with Crippen LogP contribution >= 0.6 is 0 Å². The average molecular weight is 177 g/mol. The van der Waals surface area contributed by atoms with Crippen molar-refractivity contribution in [2.75, 3.05) is 5.73 Å². The van der Waals surface area contributed by atoms with Crippen LogP contribution in [0, 0.1) is 13.8 Å². The van der Waals surface area contributed by atoms with Crippen LogP contribution in [0.3, 0.4) is 0 Å². The summed E-state index contributed by atoms with van der Waals surface area (Å²) < 4.78 is 5.44. The third-order valence-electron chi connectivity index (χ3n) is 2.35. The van der Waals surface area contributed by atoms with Crippen LogP contribution in [0.5, 0.6) is 5.75 Å². The lowest BCUT2D eigenvalue weighted by Gasteiger charge is -1.99. The Labute approximate surface area is 75.8 Å². The number of hydrogen-bond acceptors (Lipinski definition) is 3. The Morgan fingerprint density at radius 1 is 1.31 bits per heavy atom. The minimum absolute atomic E-state index is 0.108. The Morgan fingerprint density at radius 3 is 2.69 bits per heavy atom. The zero-order chi connectivity index (χ0) is 9.59. The molecule has 1 aromatic heterocycles. The molecule has 0 fully saturated rings. The summed E-state index contributed by atoms with van der Waals surface area (Å²) in [4.78, 5) is 0. The molecule has 1 aromatic carbocycles. The van der Waals surface area contributed by atoms with Gasteiger partial charge in [0.2, 0.25) is 0 Å². The average Bonchev–Trinajstić information content (AvgIpc) is 2.37. The molecule has 13 heavy (non-hydrogen) atoms. The molecule has 0 amide bonds. The Kier molecular flexibility index (Phi) is 1.49. The number of nitrogen functional groups attached to an aromatic ring is 1. The van der Waals surface area contributed by atoms with Gasteiger partial charge in [0.25, 0.3) is 0 Å². The number of anilines is 1. The lowest BCUT2D eigenvalue weighted by molar-refractivity contribution is 0.478. The number of fused-ring (bicyclic) bond motifs is 1. The number of furan rings is 1.